The van der Waals surface area contributed by atoms with Crippen molar-refractivity contribution in [3.05, 3.63) is 55.6 Å². The minimum Gasteiger partial charge on any atom is -0.394 e. The maximum atomic E-state index is 13.0. The van der Waals surface area contributed by atoms with E-state index in [1.807, 2.05) is 104 Å². The zero-order valence-electron chi connectivity index (χ0n) is 46.0. The average Bonchev–Trinajstić information content (AvgIpc) is 3.37. The number of nitrogens with one attached hydrogen (secondary N) is 4. The number of hydrogen-bond donors (Lipinski definition) is 10. The molecule has 2 rings (SSSR count). The zero-order chi connectivity index (χ0) is 55.4. The van der Waals surface area contributed by atoms with Crippen LogP contribution in [0, 0.1) is 48.5 Å². The van der Waals surface area contributed by atoms with Crippen LogP contribution >= 0.6 is 0 Å². The molecule has 5 amide bonds. The number of anilines is 2. The van der Waals surface area contributed by atoms with E-state index in [1.54, 1.807) is 41.8 Å². The number of rotatable bonds is 17. The molecule has 68 heavy (non-hydrogen) atoms. The molecule has 0 saturated heterocycles. The summed E-state index contributed by atoms with van der Waals surface area (Å²) < 4.78 is 0. The predicted octanol–water partition coefficient (Wildman–Crippen LogP) is 5.17. The van der Waals surface area contributed by atoms with Crippen LogP contribution in [-0.2, 0) is 14.4 Å². The monoisotopic (exact) mass is 973 g/mol. The number of nitrogens with zero attached hydrogens (tertiary/aromatic N) is 2. The summed E-state index contributed by atoms with van der Waals surface area (Å²) in [5, 5.41) is 64.5. The number of aliphatic hydroxyl groups excluding tert-OH is 6. The Morgan fingerprint density at radius 2 is 0.912 bits per heavy atom. The van der Waals surface area contributed by atoms with Gasteiger partial charge in [0.15, 0.2) is 0 Å². The van der Waals surface area contributed by atoms with E-state index in [0.29, 0.717) is 69.6 Å². The lowest BCUT2D eigenvalue weighted by atomic mass is 9.90. The van der Waals surface area contributed by atoms with Crippen LogP contribution in [0.15, 0.2) is 0 Å². The van der Waals surface area contributed by atoms with E-state index in [9.17, 15) is 34.2 Å². The van der Waals surface area contributed by atoms with Crippen LogP contribution in [0.1, 0.15) is 153 Å². The molecule has 0 aromatic heterocycles. The van der Waals surface area contributed by atoms with Gasteiger partial charge in [-0.25, -0.2) is 0 Å². The van der Waals surface area contributed by atoms with Crippen LogP contribution in [-0.4, -0.2) is 163 Å². The lowest BCUT2D eigenvalue weighted by Crippen LogP contribution is -2.37. The second kappa shape index (κ2) is 48.5. The molecule has 2 aromatic rings. The molecule has 2 aromatic carbocycles. The molecule has 0 aliphatic carbocycles. The number of hydrogen-bond acceptors (Lipinski definition) is 13. The van der Waals surface area contributed by atoms with Gasteiger partial charge in [-0.1, -0.05) is 83.1 Å². The fourth-order valence-electron chi connectivity index (χ4n) is 5.98. The normalized spacial score (nSPS) is 9.88. The van der Waals surface area contributed by atoms with E-state index in [1.165, 1.54) is 16.8 Å². The minimum atomic E-state index is -1.04. The van der Waals surface area contributed by atoms with E-state index in [-0.39, 0.29) is 44.0 Å². The van der Waals surface area contributed by atoms with Gasteiger partial charge >= 0.3 is 0 Å². The van der Waals surface area contributed by atoms with Gasteiger partial charge in [0.1, 0.15) is 12.9 Å². The SMILES string of the molecule is CC.CC.CC.CC.CC.CC.CNc1c(C)c(C(=O)NCCNC=O)c(C)c(C(=O)N(C)CC(O)CO)c1C.Cc1c(C)c(NC(=O)CO)c(C)c(C(=O)N(C)CC(O)CO)c1C.O=CCO. The van der Waals surface area contributed by atoms with Gasteiger partial charge in [0, 0.05) is 75.4 Å². The van der Waals surface area contributed by atoms with Crippen LogP contribution in [0.2, 0.25) is 0 Å². The summed E-state index contributed by atoms with van der Waals surface area (Å²) in [4.78, 5) is 72.0. The summed E-state index contributed by atoms with van der Waals surface area (Å²) in [6.45, 7) is 35.2. The lowest BCUT2D eigenvalue weighted by molar-refractivity contribution is -0.118. The maximum absolute atomic E-state index is 13.0. The van der Waals surface area contributed by atoms with E-state index in [0.717, 1.165) is 16.7 Å². The Balaban J connectivity index is -0.000000169. The number of amides is 5. The quantitative estimate of drug-likeness (QED) is 0.0725. The van der Waals surface area contributed by atoms with Gasteiger partial charge in [-0.3, -0.25) is 24.0 Å². The topological polar surface area (TPSA) is 278 Å². The first-order valence-corrected chi connectivity index (χ1v) is 23.7. The van der Waals surface area contributed by atoms with Gasteiger partial charge in [-0.15, -0.1) is 0 Å². The second-order valence-corrected chi connectivity index (χ2v) is 12.9. The highest BCUT2D eigenvalue weighted by Crippen LogP contribution is 2.33. The van der Waals surface area contributed by atoms with Crippen LogP contribution in [0.4, 0.5) is 11.4 Å². The van der Waals surface area contributed by atoms with Gasteiger partial charge in [-0.05, 0) is 87.4 Å². The molecule has 0 aliphatic rings. The van der Waals surface area contributed by atoms with Gasteiger partial charge in [0.25, 0.3) is 17.7 Å². The lowest BCUT2D eigenvalue weighted by Gasteiger charge is -2.25. The Hall–Kier alpha value is -4.98. The van der Waals surface area contributed by atoms with Gasteiger partial charge in [-0.2, -0.15) is 0 Å². The van der Waals surface area contributed by atoms with Crippen molar-refractivity contribution in [2.24, 2.45) is 0 Å². The molecule has 0 aliphatic heterocycles. The Morgan fingerprint density at radius 3 is 1.25 bits per heavy atom. The van der Waals surface area contributed by atoms with E-state index < -0.39 is 37.9 Å². The van der Waals surface area contributed by atoms with Crippen molar-refractivity contribution >= 4 is 47.7 Å². The first-order chi connectivity index (χ1) is 32.3. The fourth-order valence-corrected chi connectivity index (χ4v) is 5.98. The molecule has 0 fully saturated rings. The van der Waals surface area contributed by atoms with Crippen LogP contribution in [0.25, 0.3) is 0 Å². The largest absolute Gasteiger partial charge is 0.394 e. The summed E-state index contributed by atoms with van der Waals surface area (Å²) in [6.07, 6.45) is -1.07. The smallest absolute Gasteiger partial charge is 0.254 e. The second-order valence-electron chi connectivity index (χ2n) is 12.9. The molecule has 0 heterocycles. The average molecular weight is 973 g/mol. The number of carbonyl (C=O) groups excluding carboxylic acids is 6. The first kappa shape index (κ1) is 77.2. The standard InChI is InChI=1S/C19H30N4O5.C17H26N2O5.C2H4O2.6C2H6/c1-11-15(18(27)22-7-6-21-10-25)12(2)17(20-4)13(3)16(11)19(28)23(5)8-14(26)9-24;1-9-10(2)15(17(24)19(5)6-13(22)7-20)12(4)16(11(9)3)18-14(23)8-21;3-1-2-4;6*1-2/h10,14,20,24,26H,6-9H2,1-5H3,(H,21,25)(H,22,27);13,20-22H,6-8H2,1-5H3,(H,18,23);1,4H,2H2;6*1-2H3. The third-order valence-electron chi connectivity index (χ3n) is 8.98. The van der Waals surface area contributed by atoms with Crippen LogP contribution in [0.3, 0.4) is 0 Å². The molecule has 2 atom stereocenters. The highest BCUT2D eigenvalue weighted by atomic mass is 16.3. The van der Waals surface area contributed by atoms with Crippen molar-refractivity contribution in [2.75, 3.05) is 84.4 Å². The number of likely N-dealkylation sites (N-methyl/N-ethyl adjacent to an activating group) is 2. The Morgan fingerprint density at radius 1 is 0.544 bits per heavy atom. The van der Waals surface area contributed by atoms with Crippen molar-refractivity contribution in [3.63, 3.8) is 0 Å². The molecule has 398 valence electrons. The molecule has 0 radical (unpaired) electrons. The molecular formula is C50H96N6O12. The molecular weight excluding hydrogens is 877 g/mol. The Labute approximate surface area is 410 Å². The number of aldehydes is 1. The third-order valence-corrected chi connectivity index (χ3v) is 8.98. The molecule has 0 bridgehead atoms. The summed E-state index contributed by atoms with van der Waals surface area (Å²) in [6, 6.07) is 0. The summed E-state index contributed by atoms with van der Waals surface area (Å²) >= 11 is 0. The number of benzene rings is 2. The van der Waals surface area contributed by atoms with Crippen molar-refractivity contribution in [1.29, 1.82) is 0 Å². The fraction of sp³-hybridized carbons (Fsp3) is 0.640. The number of carbonyl (C=O) groups is 6. The van der Waals surface area contributed by atoms with E-state index >= 15 is 0 Å². The molecule has 10 N–H and O–H groups in total. The van der Waals surface area contributed by atoms with Gasteiger partial charge in [0.2, 0.25) is 12.3 Å². The Kier molecular flexibility index (Phi) is 55.1. The summed E-state index contributed by atoms with van der Waals surface area (Å²) in [7, 11) is 4.79. The zero-order valence-corrected chi connectivity index (χ0v) is 46.0. The van der Waals surface area contributed by atoms with Gasteiger partial charge in [0.05, 0.1) is 32.0 Å². The van der Waals surface area contributed by atoms with E-state index in [4.69, 9.17) is 25.2 Å². The highest BCUT2D eigenvalue weighted by molar-refractivity contribution is 6.06. The maximum Gasteiger partial charge on any atom is 0.254 e. The molecule has 0 saturated carbocycles. The molecule has 0 spiro atoms. The first-order valence-electron chi connectivity index (χ1n) is 23.7. The third kappa shape index (κ3) is 27.1. The van der Waals surface area contributed by atoms with Crippen LogP contribution in [0.5, 0.6) is 0 Å². The van der Waals surface area contributed by atoms with Crippen molar-refractivity contribution in [3.8, 4) is 0 Å². The summed E-state index contributed by atoms with van der Waals surface area (Å²) in [5.41, 5.74) is 7.45. The summed E-state index contributed by atoms with van der Waals surface area (Å²) in [5.74, 6) is -1.55. The van der Waals surface area contributed by atoms with Gasteiger partial charge < -0.3 is 66.5 Å². The highest BCUT2D eigenvalue weighted by Gasteiger charge is 2.27. The minimum absolute atomic E-state index is 0.000526. The van der Waals surface area contributed by atoms with Crippen molar-refractivity contribution < 1.29 is 59.4 Å². The Bertz CT molecular complexity index is 1690. The van der Waals surface area contributed by atoms with Crippen molar-refractivity contribution in [1.82, 2.24) is 20.4 Å². The van der Waals surface area contributed by atoms with E-state index in [2.05, 4.69) is 21.3 Å². The predicted molar refractivity (Wildman–Crippen MR) is 279 cm³/mol. The van der Waals surface area contributed by atoms with Crippen molar-refractivity contribution in [2.45, 2.75) is 144 Å². The molecule has 2 unspecified atom stereocenters. The molecule has 18 heteroatoms. The number of aliphatic hydroxyl groups is 6. The molecule has 18 nitrogen and oxygen atoms in total. The van der Waals surface area contributed by atoms with Crippen LogP contribution < -0.4 is 21.3 Å².